The van der Waals surface area contributed by atoms with Gasteiger partial charge in [-0.05, 0) is 55.5 Å². The van der Waals surface area contributed by atoms with Crippen LogP contribution in [0.4, 0.5) is 5.69 Å². The third-order valence-electron chi connectivity index (χ3n) is 4.88. The number of carbonyl (C=O) groups is 3. The predicted octanol–water partition coefficient (Wildman–Crippen LogP) is 4.24. The van der Waals surface area contributed by atoms with Gasteiger partial charge in [0.15, 0.2) is 0 Å². The number of hydrazone groups is 1. The molecule has 0 fully saturated rings. The fraction of sp³-hybridized carbons (Fsp3) is 0.0833. The van der Waals surface area contributed by atoms with Crippen molar-refractivity contribution in [3.63, 3.8) is 0 Å². The Morgan fingerprint density at radius 1 is 1.06 bits per heavy atom. The quantitative estimate of drug-likeness (QED) is 0.479. The Bertz CT molecular complexity index is 1300. The Morgan fingerprint density at radius 3 is 2.56 bits per heavy atom. The van der Waals surface area contributed by atoms with Crippen LogP contribution in [-0.4, -0.2) is 35.8 Å². The second kappa shape index (κ2) is 8.35. The number of carbonyl (C=O) groups excluding carboxylic acids is 2. The minimum Gasteiger partial charge on any atom is -0.478 e. The highest BCUT2D eigenvalue weighted by molar-refractivity contribution is 6.32. The van der Waals surface area contributed by atoms with Crippen molar-refractivity contribution in [2.45, 2.75) is 6.92 Å². The number of esters is 1. The van der Waals surface area contributed by atoms with Gasteiger partial charge in [-0.3, -0.25) is 4.79 Å². The van der Waals surface area contributed by atoms with Crippen LogP contribution in [0.2, 0.25) is 0 Å². The number of benzene rings is 2. The zero-order chi connectivity index (χ0) is 22.8. The van der Waals surface area contributed by atoms with Gasteiger partial charge >= 0.3 is 11.9 Å². The molecule has 4 rings (SSSR count). The van der Waals surface area contributed by atoms with Crippen LogP contribution in [-0.2, 0) is 9.53 Å². The molecule has 2 aromatic carbocycles. The van der Waals surface area contributed by atoms with E-state index >= 15 is 0 Å². The molecule has 0 aliphatic carbocycles. The number of ether oxygens (including phenoxy) is 1. The first-order chi connectivity index (χ1) is 15.4. The van der Waals surface area contributed by atoms with Crippen molar-refractivity contribution in [1.82, 2.24) is 0 Å². The van der Waals surface area contributed by atoms with E-state index in [1.165, 1.54) is 19.2 Å². The van der Waals surface area contributed by atoms with E-state index in [1.807, 2.05) is 0 Å². The summed E-state index contributed by atoms with van der Waals surface area (Å²) in [5.74, 6) is -0.975. The number of carboxylic acid groups (broad SMARTS) is 1. The zero-order valence-corrected chi connectivity index (χ0v) is 17.2. The van der Waals surface area contributed by atoms with Crippen molar-refractivity contribution in [2.75, 3.05) is 12.1 Å². The Morgan fingerprint density at radius 2 is 1.81 bits per heavy atom. The third-order valence-corrected chi connectivity index (χ3v) is 4.88. The first kappa shape index (κ1) is 20.8. The first-order valence-electron chi connectivity index (χ1n) is 9.61. The van der Waals surface area contributed by atoms with Gasteiger partial charge in [-0.2, -0.15) is 10.1 Å². The fourth-order valence-electron chi connectivity index (χ4n) is 3.28. The van der Waals surface area contributed by atoms with Crippen molar-refractivity contribution in [2.24, 2.45) is 5.10 Å². The molecule has 1 amide bonds. The largest absolute Gasteiger partial charge is 0.478 e. The van der Waals surface area contributed by atoms with Gasteiger partial charge in [-0.1, -0.05) is 18.2 Å². The maximum Gasteiger partial charge on any atom is 0.337 e. The predicted molar refractivity (Wildman–Crippen MR) is 117 cm³/mol. The summed E-state index contributed by atoms with van der Waals surface area (Å²) >= 11 is 0. The molecule has 0 saturated heterocycles. The van der Waals surface area contributed by atoms with Crippen molar-refractivity contribution in [3.8, 4) is 11.3 Å². The number of methoxy groups -OCH3 is 1. The molecule has 0 unspecified atom stereocenters. The average molecular weight is 430 g/mol. The molecular formula is C24H18N2O6. The Hall–Kier alpha value is -4.46. The summed E-state index contributed by atoms with van der Waals surface area (Å²) in [4.78, 5) is 35.9. The molecule has 2 heterocycles. The number of aromatic carboxylic acids is 1. The Labute approximate surface area is 183 Å². The number of carboxylic acids is 1. The molecule has 1 N–H and O–H groups in total. The molecule has 8 heteroatoms. The van der Waals surface area contributed by atoms with E-state index in [1.54, 1.807) is 61.5 Å². The lowest BCUT2D eigenvalue weighted by Gasteiger charge is -2.12. The topological polar surface area (TPSA) is 109 Å². The van der Waals surface area contributed by atoms with Crippen molar-refractivity contribution in [3.05, 3.63) is 83.1 Å². The van der Waals surface area contributed by atoms with E-state index < -0.39 is 17.8 Å². The number of hydrogen-bond acceptors (Lipinski definition) is 6. The van der Waals surface area contributed by atoms with E-state index in [-0.39, 0.29) is 5.56 Å². The van der Waals surface area contributed by atoms with Crippen LogP contribution < -0.4 is 5.01 Å². The van der Waals surface area contributed by atoms with Crippen LogP contribution in [0.3, 0.4) is 0 Å². The second-order valence-electron chi connectivity index (χ2n) is 6.99. The second-order valence-corrected chi connectivity index (χ2v) is 6.99. The lowest BCUT2D eigenvalue weighted by atomic mass is 10.1. The summed E-state index contributed by atoms with van der Waals surface area (Å²) < 4.78 is 10.6. The van der Waals surface area contributed by atoms with Gasteiger partial charge in [0.25, 0.3) is 5.91 Å². The molecule has 0 atom stereocenters. The summed E-state index contributed by atoms with van der Waals surface area (Å²) in [6.07, 6.45) is 1.58. The normalized spacial score (nSPS) is 14.6. The molecule has 0 saturated carbocycles. The lowest BCUT2D eigenvalue weighted by molar-refractivity contribution is -0.114. The molecule has 160 valence electrons. The standard InChI is InChI=1S/C24H18N2O6/c1-14-20(22(27)26(25-14)18-8-4-6-16(12-18)23(28)29)13-19-9-10-21(32-19)15-5-3-7-17(11-15)24(30)31-2/h3-13H,1-2H3,(H,28,29)/b20-13-. The first-order valence-corrected chi connectivity index (χ1v) is 9.61. The number of hydrogen-bond donors (Lipinski definition) is 1. The summed E-state index contributed by atoms with van der Waals surface area (Å²) in [5, 5.41) is 14.6. The molecule has 0 radical (unpaired) electrons. The smallest absolute Gasteiger partial charge is 0.337 e. The molecule has 8 nitrogen and oxygen atoms in total. The molecule has 1 aliphatic rings. The van der Waals surface area contributed by atoms with Gasteiger partial charge in [0.2, 0.25) is 0 Å². The number of nitrogens with zero attached hydrogens (tertiary/aromatic N) is 2. The van der Waals surface area contributed by atoms with E-state index in [9.17, 15) is 19.5 Å². The Kier molecular flexibility index (Phi) is 5.43. The number of furan rings is 1. The highest BCUT2D eigenvalue weighted by Gasteiger charge is 2.29. The van der Waals surface area contributed by atoms with Crippen LogP contribution in [0.1, 0.15) is 33.4 Å². The minimum absolute atomic E-state index is 0.0606. The van der Waals surface area contributed by atoms with E-state index in [0.29, 0.717) is 39.6 Å². The molecule has 32 heavy (non-hydrogen) atoms. The van der Waals surface area contributed by atoms with Gasteiger partial charge < -0.3 is 14.3 Å². The van der Waals surface area contributed by atoms with Gasteiger partial charge in [0, 0.05) is 5.56 Å². The SMILES string of the molecule is COC(=O)c1cccc(-c2ccc(/C=C3\C(=O)N(c4cccc(C(=O)O)c4)N=C3C)o2)c1. The van der Waals surface area contributed by atoms with Crippen LogP contribution in [0, 0.1) is 0 Å². The lowest BCUT2D eigenvalue weighted by Crippen LogP contribution is -2.21. The van der Waals surface area contributed by atoms with Crippen molar-refractivity contribution in [1.29, 1.82) is 0 Å². The van der Waals surface area contributed by atoms with Crippen LogP contribution in [0.25, 0.3) is 17.4 Å². The number of anilines is 1. The Balaban J connectivity index is 1.61. The summed E-state index contributed by atoms with van der Waals surface area (Å²) in [6, 6.07) is 16.3. The van der Waals surface area contributed by atoms with Gasteiger partial charge in [0.1, 0.15) is 11.5 Å². The van der Waals surface area contributed by atoms with Crippen molar-refractivity contribution < 1.29 is 28.6 Å². The molecule has 1 aromatic heterocycles. The third kappa shape index (κ3) is 3.93. The maximum absolute atomic E-state index is 12.9. The van der Waals surface area contributed by atoms with Crippen molar-refractivity contribution >= 4 is 35.3 Å². The summed E-state index contributed by atoms with van der Waals surface area (Å²) in [6.45, 7) is 1.69. The summed E-state index contributed by atoms with van der Waals surface area (Å²) in [7, 11) is 1.32. The maximum atomic E-state index is 12.9. The monoisotopic (exact) mass is 430 g/mol. The van der Waals surface area contributed by atoms with Gasteiger partial charge in [-0.15, -0.1) is 0 Å². The highest BCUT2D eigenvalue weighted by atomic mass is 16.5. The minimum atomic E-state index is -1.09. The van der Waals surface area contributed by atoms with Crippen LogP contribution >= 0.6 is 0 Å². The van der Waals surface area contributed by atoms with Crippen LogP contribution in [0.15, 0.2) is 75.8 Å². The zero-order valence-electron chi connectivity index (χ0n) is 17.2. The molecule has 3 aromatic rings. The van der Waals surface area contributed by atoms with E-state index in [4.69, 9.17) is 9.15 Å². The summed E-state index contributed by atoms with van der Waals surface area (Å²) in [5.41, 5.74) is 2.31. The van der Waals surface area contributed by atoms with Gasteiger partial charge in [-0.25, -0.2) is 9.59 Å². The number of rotatable bonds is 5. The van der Waals surface area contributed by atoms with E-state index in [0.717, 1.165) is 5.01 Å². The number of amides is 1. The highest BCUT2D eigenvalue weighted by Crippen LogP contribution is 2.28. The molecular weight excluding hydrogens is 412 g/mol. The molecule has 0 spiro atoms. The molecule has 0 bridgehead atoms. The van der Waals surface area contributed by atoms with E-state index in [2.05, 4.69) is 5.10 Å². The van der Waals surface area contributed by atoms with Gasteiger partial charge in [0.05, 0.1) is 35.2 Å². The molecule has 1 aliphatic heterocycles. The fourth-order valence-corrected chi connectivity index (χ4v) is 3.28. The van der Waals surface area contributed by atoms with Crippen LogP contribution in [0.5, 0.6) is 0 Å². The average Bonchev–Trinajstić information content (AvgIpc) is 3.39.